The standard InChI is InChI=1S/C33H24N4O2/c1-35-17-18-36(21-35)22-7-6-8-23(19-22)38-24-12-13-25-26-14-15-30-32(27-9-2-3-10-29(27)39-30)33(26)37(28(25)20-24)31-11-4-5-16-34-31/h2-20H,21H2,1H3. The summed E-state index contributed by atoms with van der Waals surface area (Å²) >= 11 is 0. The van der Waals surface area contributed by atoms with Crippen molar-refractivity contribution < 1.29 is 9.15 Å². The quantitative estimate of drug-likeness (QED) is 0.241. The molecule has 0 amide bonds. The average Bonchev–Trinajstić information content (AvgIpc) is 3.66. The number of anilines is 1. The van der Waals surface area contributed by atoms with Crippen LogP contribution in [0.25, 0.3) is 49.6 Å². The molecule has 6 heteroatoms. The summed E-state index contributed by atoms with van der Waals surface area (Å²) in [6, 6.07) is 32.9. The predicted molar refractivity (Wildman–Crippen MR) is 157 cm³/mol. The lowest BCUT2D eigenvalue weighted by atomic mass is 10.1. The van der Waals surface area contributed by atoms with Crippen LogP contribution in [-0.2, 0) is 0 Å². The van der Waals surface area contributed by atoms with Crippen LogP contribution in [-0.4, -0.2) is 28.2 Å². The summed E-state index contributed by atoms with van der Waals surface area (Å²) in [6.07, 6.45) is 5.98. The molecule has 1 aliphatic rings. The maximum Gasteiger partial charge on any atom is 0.137 e. The smallest absolute Gasteiger partial charge is 0.137 e. The van der Waals surface area contributed by atoms with Crippen LogP contribution in [0.3, 0.4) is 0 Å². The average molecular weight is 509 g/mol. The zero-order valence-corrected chi connectivity index (χ0v) is 21.3. The van der Waals surface area contributed by atoms with E-state index in [0.29, 0.717) is 0 Å². The van der Waals surface area contributed by atoms with E-state index >= 15 is 0 Å². The van der Waals surface area contributed by atoms with Gasteiger partial charge in [-0.3, -0.25) is 4.57 Å². The van der Waals surface area contributed by atoms with Crippen LogP contribution in [0.15, 0.2) is 120 Å². The molecular weight excluding hydrogens is 484 g/mol. The highest BCUT2D eigenvalue weighted by atomic mass is 16.5. The van der Waals surface area contributed by atoms with E-state index in [9.17, 15) is 0 Å². The normalized spacial score (nSPS) is 13.5. The topological polar surface area (TPSA) is 46.7 Å². The van der Waals surface area contributed by atoms with Gasteiger partial charge in [0.2, 0.25) is 0 Å². The van der Waals surface area contributed by atoms with Crippen molar-refractivity contribution in [1.29, 1.82) is 0 Å². The molecule has 0 aliphatic carbocycles. The van der Waals surface area contributed by atoms with Crippen LogP contribution >= 0.6 is 0 Å². The van der Waals surface area contributed by atoms with E-state index < -0.39 is 0 Å². The molecular formula is C33H24N4O2. The highest BCUT2D eigenvalue weighted by Crippen LogP contribution is 2.41. The molecule has 0 radical (unpaired) electrons. The molecule has 188 valence electrons. The number of fused-ring (bicyclic) bond motifs is 7. The van der Waals surface area contributed by atoms with Crippen molar-refractivity contribution >= 4 is 49.4 Å². The molecule has 7 aromatic rings. The second-order valence-corrected chi connectivity index (χ2v) is 9.90. The third-order valence-electron chi connectivity index (χ3n) is 7.38. The van der Waals surface area contributed by atoms with Gasteiger partial charge in [-0.25, -0.2) is 4.98 Å². The van der Waals surface area contributed by atoms with Gasteiger partial charge in [-0.15, -0.1) is 0 Å². The second kappa shape index (κ2) is 8.39. The highest BCUT2D eigenvalue weighted by molar-refractivity contribution is 6.24. The summed E-state index contributed by atoms with van der Waals surface area (Å²) in [6.45, 7) is 0.816. The second-order valence-electron chi connectivity index (χ2n) is 9.90. The van der Waals surface area contributed by atoms with Crippen molar-refractivity contribution in [1.82, 2.24) is 14.5 Å². The van der Waals surface area contributed by atoms with E-state index in [0.717, 1.165) is 73.4 Å². The summed E-state index contributed by atoms with van der Waals surface area (Å²) in [5.41, 5.74) is 4.93. The zero-order chi connectivity index (χ0) is 25.9. The monoisotopic (exact) mass is 508 g/mol. The Balaban J connectivity index is 1.33. The highest BCUT2D eigenvalue weighted by Gasteiger charge is 2.20. The minimum Gasteiger partial charge on any atom is -0.457 e. The van der Waals surface area contributed by atoms with Crippen LogP contribution in [0.4, 0.5) is 5.69 Å². The summed E-state index contributed by atoms with van der Waals surface area (Å²) in [5.74, 6) is 2.40. The molecule has 6 nitrogen and oxygen atoms in total. The Morgan fingerprint density at radius 3 is 2.49 bits per heavy atom. The third-order valence-corrected chi connectivity index (χ3v) is 7.38. The molecule has 0 bridgehead atoms. The summed E-state index contributed by atoms with van der Waals surface area (Å²) in [4.78, 5) is 9.07. The SMILES string of the molecule is CN1C=CN(c2cccc(Oc3ccc4c5ccc6oc7ccccc7c6c5n(-c5ccccn5)c4c3)c2)C1. The van der Waals surface area contributed by atoms with Gasteiger partial charge >= 0.3 is 0 Å². The van der Waals surface area contributed by atoms with Gasteiger partial charge < -0.3 is 19.0 Å². The fraction of sp³-hybridized carbons (Fsp3) is 0.0606. The lowest BCUT2D eigenvalue weighted by Gasteiger charge is -2.19. The molecule has 1 aliphatic heterocycles. The number of hydrogen-bond donors (Lipinski definition) is 0. The van der Waals surface area contributed by atoms with E-state index in [1.807, 2.05) is 54.7 Å². The van der Waals surface area contributed by atoms with Crippen molar-refractivity contribution in [3.8, 4) is 17.3 Å². The van der Waals surface area contributed by atoms with Gasteiger partial charge in [-0.2, -0.15) is 0 Å². The first-order valence-corrected chi connectivity index (χ1v) is 13.0. The lowest BCUT2D eigenvalue weighted by molar-refractivity contribution is 0.481. The Morgan fingerprint density at radius 2 is 1.62 bits per heavy atom. The fourth-order valence-corrected chi connectivity index (χ4v) is 5.64. The minimum atomic E-state index is 0.766. The Kier molecular flexibility index (Phi) is 4.70. The fourth-order valence-electron chi connectivity index (χ4n) is 5.64. The number of rotatable bonds is 4. The largest absolute Gasteiger partial charge is 0.457 e. The number of para-hydroxylation sites is 1. The molecule has 0 N–H and O–H groups in total. The molecule has 0 unspecified atom stereocenters. The van der Waals surface area contributed by atoms with Crippen LogP contribution in [0, 0.1) is 0 Å². The Bertz CT molecular complexity index is 2060. The summed E-state index contributed by atoms with van der Waals surface area (Å²) in [7, 11) is 2.06. The maximum atomic E-state index is 6.43. The van der Waals surface area contributed by atoms with Crippen molar-refractivity contribution in [2.45, 2.75) is 0 Å². The molecule has 0 saturated heterocycles. The van der Waals surface area contributed by atoms with Crippen molar-refractivity contribution in [3.63, 3.8) is 0 Å². The molecule has 4 heterocycles. The molecule has 0 fully saturated rings. The molecule has 39 heavy (non-hydrogen) atoms. The first-order chi connectivity index (χ1) is 19.2. The first kappa shape index (κ1) is 21.8. The number of benzene rings is 4. The number of furan rings is 1. The zero-order valence-electron chi connectivity index (χ0n) is 21.3. The lowest BCUT2D eigenvalue weighted by Crippen LogP contribution is -2.21. The Morgan fingerprint density at radius 1 is 0.744 bits per heavy atom. The number of pyridine rings is 1. The summed E-state index contributed by atoms with van der Waals surface area (Å²) < 4.78 is 14.9. The summed E-state index contributed by atoms with van der Waals surface area (Å²) in [5, 5.41) is 4.46. The molecule has 4 aromatic carbocycles. The maximum absolute atomic E-state index is 6.43. The van der Waals surface area contributed by atoms with Gasteiger partial charge in [-0.1, -0.05) is 30.3 Å². The number of ether oxygens (including phenoxy) is 1. The van der Waals surface area contributed by atoms with Crippen molar-refractivity contribution in [2.24, 2.45) is 0 Å². The van der Waals surface area contributed by atoms with Crippen LogP contribution in [0.5, 0.6) is 11.5 Å². The number of nitrogens with zero attached hydrogens (tertiary/aromatic N) is 4. The molecule has 8 rings (SSSR count). The van der Waals surface area contributed by atoms with Crippen LogP contribution in [0.2, 0.25) is 0 Å². The van der Waals surface area contributed by atoms with Gasteiger partial charge in [0, 0.05) is 59.6 Å². The predicted octanol–water partition coefficient (Wildman–Crippen LogP) is 8.05. The number of aromatic nitrogens is 2. The number of hydrogen-bond acceptors (Lipinski definition) is 5. The molecule has 0 atom stereocenters. The van der Waals surface area contributed by atoms with Gasteiger partial charge in [0.25, 0.3) is 0 Å². The van der Waals surface area contributed by atoms with Crippen LogP contribution in [0.1, 0.15) is 0 Å². The van der Waals surface area contributed by atoms with Crippen molar-refractivity contribution in [3.05, 3.63) is 116 Å². The third kappa shape index (κ3) is 3.45. The Labute approximate surface area is 224 Å². The van der Waals surface area contributed by atoms with Gasteiger partial charge in [0.05, 0.1) is 23.1 Å². The van der Waals surface area contributed by atoms with E-state index in [1.165, 1.54) is 0 Å². The van der Waals surface area contributed by atoms with Gasteiger partial charge in [0.15, 0.2) is 0 Å². The van der Waals surface area contributed by atoms with Crippen molar-refractivity contribution in [2.75, 3.05) is 18.6 Å². The minimum absolute atomic E-state index is 0.766. The van der Waals surface area contributed by atoms with E-state index in [-0.39, 0.29) is 0 Å². The first-order valence-electron chi connectivity index (χ1n) is 13.0. The van der Waals surface area contributed by atoms with E-state index in [1.54, 1.807) is 0 Å². The van der Waals surface area contributed by atoms with Gasteiger partial charge in [-0.05, 0) is 54.6 Å². The van der Waals surface area contributed by atoms with E-state index in [4.69, 9.17) is 14.1 Å². The van der Waals surface area contributed by atoms with Gasteiger partial charge in [0.1, 0.15) is 28.5 Å². The molecule has 3 aromatic heterocycles. The van der Waals surface area contributed by atoms with E-state index in [2.05, 4.69) is 82.3 Å². The molecule has 0 spiro atoms. The Hall–Kier alpha value is -5.23. The van der Waals surface area contributed by atoms with Crippen LogP contribution < -0.4 is 9.64 Å². The molecule has 0 saturated carbocycles.